The molecule has 0 radical (unpaired) electrons. The van der Waals surface area contributed by atoms with Gasteiger partial charge in [0.25, 0.3) is 0 Å². The number of hydrogen-bond donors (Lipinski definition) is 0. The van der Waals surface area contributed by atoms with Crippen molar-refractivity contribution < 1.29 is 22.7 Å². The second-order valence-corrected chi connectivity index (χ2v) is 6.82. The van der Waals surface area contributed by atoms with Gasteiger partial charge >= 0.3 is 12.3 Å². The van der Waals surface area contributed by atoms with Crippen LogP contribution in [-0.4, -0.2) is 47.8 Å². The Kier molecular flexibility index (Phi) is 4.96. The zero-order chi connectivity index (χ0) is 18.1. The van der Waals surface area contributed by atoms with E-state index in [4.69, 9.17) is 4.74 Å². The van der Waals surface area contributed by atoms with Gasteiger partial charge in [-0.15, -0.1) is 0 Å². The molecule has 2 rings (SSSR count). The van der Waals surface area contributed by atoms with Gasteiger partial charge in [-0.1, -0.05) is 0 Å². The first-order chi connectivity index (χ1) is 11.0. The van der Waals surface area contributed by atoms with Crippen LogP contribution >= 0.6 is 0 Å². The van der Waals surface area contributed by atoms with E-state index in [1.807, 2.05) is 4.90 Å². The van der Waals surface area contributed by atoms with Crippen molar-refractivity contribution in [2.75, 3.05) is 31.1 Å². The fourth-order valence-electron chi connectivity index (χ4n) is 2.48. The zero-order valence-electron chi connectivity index (χ0n) is 14.3. The molecule has 1 aromatic heterocycles. The van der Waals surface area contributed by atoms with Crippen LogP contribution in [0.4, 0.5) is 23.8 Å². The number of anilines is 1. The van der Waals surface area contributed by atoms with E-state index in [1.54, 1.807) is 32.6 Å². The summed E-state index contributed by atoms with van der Waals surface area (Å²) in [5.74, 6) is 0.520. The fourth-order valence-corrected chi connectivity index (χ4v) is 2.48. The maximum absolute atomic E-state index is 12.7. The number of rotatable bonds is 1. The van der Waals surface area contributed by atoms with Gasteiger partial charge in [-0.05, 0) is 39.3 Å². The Morgan fingerprint density at radius 1 is 1.17 bits per heavy atom. The summed E-state index contributed by atoms with van der Waals surface area (Å²) in [6, 6.07) is 1.10. The quantitative estimate of drug-likeness (QED) is 0.782. The summed E-state index contributed by atoms with van der Waals surface area (Å²) < 4.78 is 43.4. The van der Waals surface area contributed by atoms with Crippen molar-refractivity contribution in [3.63, 3.8) is 0 Å². The summed E-state index contributed by atoms with van der Waals surface area (Å²) in [5.41, 5.74) is -0.841. The highest BCUT2D eigenvalue weighted by molar-refractivity contribution is 5.68. The van der Waals surface area contributed by atoms with Crippen molar-refractivity contribution in [1.29, 1.82) is 0 Å². The molecule has 0 N–H and O–H groups in total. The van der Waals surface area contributed by atoms with Gasteiger partial charge in [0, 0.05) is 32.4 Å². The van der Waals surface area contributed by atoms with Crippen LogP contribution in [0.25, 0.3) is 0 Å². The van der Waals surface area contributed by atoms with E-state index in [-0.39, 0.29) is 6.09 Å². The van der Waals surface area contributed by atoms with Crippen LogP contribution < -0.4 is 4.90 Å². The number of piperazine rings is 1. The number of nitrogens with zero attached hydrogens (tertiary/aromatic N) is 3. The molecule has 134 valence electrons. The molecule has 0 bridgehead atoms. The van der Waals surface area contributed by atoms with Crippen LogP contribution in [0.15, 0.2) is 12.3 Å². The van der Waals surface area contributed by atoms with Gasteiger partial charge in [0.1, 0.15) is 11.4 Å². The second kappa shape index (κ2) is 6.49. The molecule has 1 saturated heterocycles. The molecule has 5 nitrogen and oxygen atoms in total. The van der Waals surface area contributed by atoms with Crippen LogP contribution in [0.1, 0.15) is 31.9 Å². The largest absolute Gasteiger partial charge is 0.444 e. The van der Waals surface area contributed by atoms with Crippen LogP contribution in [0.5, 0.6) is 0 Å². The number of carbonyl (C=O) groups is 1. The number of carbonyl (C=O) groups excluding carboxylic acids is 1. The molecule has 1 aliphatic heterocycles. The smallest absolute Gasteiger partial charge is 0.417 e. The molecule has 0 aliphatic carbocycles. The number of ether oxygens (including phenoxy) is 1. The summed E-state index contributed by atoms with van der Waals surface area (Å²) in [6.45, 7) is 8.90. The molecule has 1 fully saturated rings. The summed E-state index contributed by atoms with van der Waals surface area (Å²) in [4.78, 5) is 19.5. The number of pyridine rings is 1. The first-order valence-corrected chi connectivity index (χ1v) is 7.74. The minimum absolute atomic E-state index is 0.376. The molecule has 2 heterocycles. The van der Waals surface area contributed by atoms with Crippen molar-refractivity contribution in [1.82, 2.24) is 9.88 Å². The first kappa shape index (κ1) is 18.4. The van der Waals surface area contributed by atoms with Gasteiger partial charge in [0.2, 0.25) is 0 Å². The van der Waals surface area contributed by atoms with Gasteiger partial charge in [0.05, 0.1) is 5.56 Å². The predicted octanol–water partition coefficient (Wildman–Crippen LogP) is 3.47. The monoisotopic (exact) mass is 345 g/mol. The lowest BCUT2D eigenvalue weighted by Crippen LogP contribution is -2.50. The van der Waals surface area contributed by atoms with Gasteiger partial charge in [-0.2, -0.15) is 13.2 Å². The van der Waals surface area contributed by atoms with Crippen LogP contribution in [-0.2, 0) is 10.9 Å². The highest BCUT2D eigenvalue weighted by Gasteiger charge is 2.32. The Bertz CT molecular complexity index is 604. The van der Waals surface area contributed by atoms with Crippen molar-refractivity contribution in [3.8, 4) is 0 Å². The van der Waals surface area contributed by atoms with Crippen LogP contribution in [0.2, 0.25) is 0 Å². The summed E-state index contributed by atoms with van der Waals surface area (Å²) in [6.07, 6.45) is -3.92. The van der Waals surface area contributed by atoms with Gasteiger partial charge in [0.15, 0.2) is 0 Å². The minimum atomic E-state index is -4.40. The number of amides is 1. The van der Waals surface area contributed by atoms with E-state index in [0.717, 1.165) is 12.3 Å². The molecule has 0 atom stereocenters. The van der Waals surface area contributed by atoms with Crippen molar-refractivity contribution in [2.45, 2.75) is 39.5 Å². The lowest BCUT2D eigenvalue weighted by atomic mass is 10.2. The Hall–Kier alpha value is -1.99. The molecule has 24 heavy (non-hydrogen) atoms. The highest BCUT2D eigenvalue weighted by atomic mass is 19.4. The number of alkyl halides is 3. The molecular formula is C16H22F3N3O2. The van der Waals surface area contributed by atoms with Crippen molar-refractivity contribution in [3.05, 3.63) is 23.4 Å². The number of hydrogen-bond acceptors (Lipinski definition) is 4. The van der Waals surface area contributed by atoms with Crippen LogP contribution in [0.3, 0.4) is 0 Å². The first-order valence-electron chi connectivity index (χ1n) is 7.74. The van der Waals surface area contributed by atoms with Gasteiger partial charge in [-0.3, -0.25) is 0 Å². The summed E-state index contributed by atoms with van der Waals surface area (Å²) >= 11 is 0. The third-order valence-electron chi connectivity index (χ3n) is 3.61. The molecule has 0 unspecified atom stereocenters. The Morgan fingerprint density at radius 3 is 2.21 bits per heavy atom. The molecular weight excluding hydrogens is 323 g/mol. The normalized spacial score (nSPS) is 16.3. The molecule has 8 heteroatoms. The van der Waals surface area contributed by atoms with Crippen LogP contribution in [0, 0.1) is 6.92 Å². The number of aryl methyl sites for hydroxylation is 1. The minimum Gasteiger partial charge on any atom is -0.444 e. The maximum atomic E-state index is 12.7. The average molecular weight is 345 g/mol. The lowest BCUT2D eigenvalue weighted by molar-refractivity contribution is -0.137. The number of halogens is 3. The molecule has 0 aromatic carbocycles. The topological polar surface area (TPSA) is 45.7 Å². The van der Waals surface area contributed by atoms with Crippen molar-refractivity contribution >= 4 is 11.9 Å². The van der Waals surface area contributed by atoms with E-state index < -0.39 is 17.3 Å². The van der Waals surface area contributed by atoms with E-state index >= 15 is 0 Å². The standard InChI is InChI=1S/C16H22F3N3O2/c1-11-9-12(16(17,18)19)10-20-13(11)21-5-7-22(8-6-21)14(23)24-15(2,3)4/h9-10H,5-8H2,1-4H3. The van der Waals surface area contributed by atoms with E-state index in [2.05, 4.69) is 4.98 Å². The second-order valence-electron chi connectivity index (χ2n) is 6.82. The van der Waals surface area contributed by atoms with E-state index in [1.165, 1.54) is 0 Å². The fraction of sp³-hybridized carbons (Fsp3) is 0.625. The van der Waals surface area contributed by atoms with E-state index in [9.17, 15) is 18.0 Å². The molecule has 0 spiro atoms. The SMILES string of the molecule is Cc1cc(C(F)(F)F)cnc1N1CCN(C(=O)OC(C)(C)C)CC1. The Morgan fingerprint density at radius 2 is 1.75 bits per heavy atom. The predicted molar refractivity (Wildman–Crippen MR) is 84.0 cm³/mol. The summed E-state index contributed by atoms with van der Waals surface area (Å²) in [5, 5.41) is 0. The number of aromatic nitrogens is 1. The molecule has 1 aliphatic rings. The van der Waals surface area contributed by atoms with Gasteiger partial charge < -0.3 is 14.5 Å². The molecule has 1 amide bonds. The summed E-state index contributed by atoms with van der Waals surface area (Å²) in [7, 11) is 0. The molecule has 0 saturated carbocycles. The zero-order valence-corrected chi connectivity index (χ0v) is 14.3. The van der Waals surface area contributed by atoms with Crippen molar-refractivity contribution in [2.24, 2.45) is 0 Å². The third-order valence-corrected chi connectivity index (χ3v) is 3.61. The average Bonchev–Trinajstić information content (AvgIpc) is 2.44. The molecule has 1 aromatic rings. The van der Waals surface area contributed by atoms with E-state index in [0.29, 0.717) is 37.6 Å². The third kappa shape index (κ3) is 4.52. The Labute approximate surface area is 139 Å². The van der Waals surface area contributed by atoms with Gasteiger partial charge in [-0.25, -0.2) is 9.78 Å². The highest BCUT2D eigenvalue weighted by Crippen LogP contribution is 2.31. The Balaban J connectivity index is 2.01. The lowest BCUT2D eigenvalue weighted by Gasteiger charge is -2.36. The maximum Gasteiger partial charge on any atom is 0.417 e.